The minimum atomic E-state index is -0.0343. The van der Waals surface area contributed by atoms with E-state index in [4.69, 9.17) is 0 Å². The van der Waals surface area contributed by atoms with Crippen LogP contribution in [0.4, 0.5) is 0 Å². The van der Waals surface area contributed by atoms with Crippen LogP contribution in [0.15, 0.2) is 6.20 Å². The summed E-state index contributed by atoms with van der Waals surface area (Å²) >= 11 is 0. The number of aryl methyl sites for hydroxylation is 1. The van der Waals surface area contributed by atoms with Crippen molar-refractivity contribution in [3.63, 3.8) is 0 Å². The number of carbonyl (C=O) groups excluding carboxylic acids is 1. The minimum Gasteiger partial charge on any atom is -0.338 e. The summed E-state index contributed by atoms with van der Waals surface area (Å²) in [6.45, 7) is 3.57. The molecular weight excluding hydrogens is 240 g/mol. The third kappa shape index (κ3) is 3.56. The highest BCUT2D eigenvalue weighted by molar-refractivity contribution is 5.90. The Kier molecular flexibility index (Phi) is 4.58. The maximum absolute atomic E-state index is 12.1. The number of amides is 1. The Balaban J connectivity index is 1.80. The van der Waals surface area contributed by atoms with Crippen molar-refractivity contribution < 1.29 is 4.79 Å². The van der Waals surface area contributed by atoms with Crippen molar-refractivity contribution in [1.82, 2.24) is 19.8 Å². The van der Waals surface area contributed by atoms with Crippen molar-refractivity contribution in [2.45, 2.75) is 38.6 Å². The van der Waals surface area contributed by atoms with Gasteiger partial charge in [0.25, 0.3) is 5.91 Å². The first-order valence-electron chi connectivity index (χ1n) is 7.05. The van der Waals surface area contributed by atoms with Crippen molar-refractivity contribution in [2.24, 2.45) is 0 Å². The molecule has 1 aliphatic carbocycles. The average molecular weight is 264 g/mol. The summed E-state index contributed by atoms with van der Waals surface area (Å²) in [5.41, 5.74) is 0.917. The topological polar surface area (TPSA) is 52.2 Å². The molecule has 1 N–H and O–H groups in total. The Hall–Kier alpha value is -1.36. The van der Waals surface area contributed by atoms with E-state index < -0.39 is 0 Å². The highest BCUT2D eigenvalue weighted by atomic mass is 16.2. The van der Waals surface area contributed by atoms with Crippen molar-refractivity contribution in [2.75, 3.05) is 27.2 Å². The number of likely N-dealkylation sites (N-methyl/N-ethyl adjacent to an activating group) is 2. The van der Waals surface area contributed by atoms with Gasteiger partial charge in [-0.15, -0.1) is 0 Å². The molecule has 0 spiro atoms. The number of H-pyrrole nitrogens is 1. The van der Waals surface area contributed by atoms with Crippen molar-refractivity contribution in [3.05, 3.63) is 17.7 Å². The largest absolute Gasteiger partial charge is 0.338 e. The highest BCUT2D eigenvalue weighted by Gasteiger charge is 2.20. The van der Waals surface area contributed by atoms with Crippen LogP contribution in [-0.2, 0) is 0 Å². The standard InChI is InChI=1S/C14H24N4O/c1-11-10-15-13(16-11)14(19)18(3)9-8-17(2)12-6-4-5-7-12/h10,12H,4-9H2,1-3H3,(H,15,16). The molecule has 0 unspecified atom stereocenters. The van der Waals surface area contributed by atoms with Crippen molar-refractivity contribution in [1.29, 1.82) is 0 Å². The van der Waals surface area contributed by atoms with E-state index in [2.05, 4.69) is 21.9 Å². The monoisotopic (exact) mass is 264 g/mol. The van der Waals surface area contributed by atoms with E-state index >= 15 is 0 Å². The molecular formula is C14H24N4O. The lowest BCUT2D eigenvalue weighted by Crippen LogP contribution is -2.38. The van der Waals surface area contributed by atoms with Crippen molar-refractivity contribution in [3.8, 4) is 0 Å². The summed E-state index contributed by atoms with van der Waals surface area (Å²) in [4.78, 5) is 23.3. The lowest BCUT2D eigenvalue weighted by Gasteiger charge is -2.26. The molecule has 2 rings (SSSR count). The molecule has 5 heteroatoms. The third-order valence-electron chi connectivity index (χ3n) is 3.99. The Morgan fingerprint density at radius 2 is 2.05 bits per heavy atom. The minimum absolute atomic E-state index is 0.0343. The molecule has 1 fully saturated rings. The summed E-state index contributed by atoms with van der Waals surface area (Å²) in [6, 6.07) is 0.703. The van der Waals surface area contributed by atoms with Gasteiger partial charge in [-0.05, 0) is 26.8 Å². The first-order valence-corrected chi connectivity index (χ1v) is 7.05. The molecule has 19 heavy (non-hydrogen) atoms. The van der Waals surface area contributed by atoms with Gasteiger partial charge in [-0.25, -0.2) is 4.98 Å². The summed E-state index contributed by atoms with van der Waals surface area (Å²) in [5.74, 6) is 0.399. The molecule has 0 aliphatic heterocycles. The zero-order chi connectivity index (χ0) is 13.8. The number of hydrogen-bond donors (Lipinski definition) is 1. The predicted octanol–water partition coefficient (Wildman–Crippen LogP) is 1.66. The number of aromatic amines is 1. The second kappa shape index (κ2) is 6.19. The fraction of sp³-hybridized carbons (Fsp3) is 0.714. The summed E-state index contributed by atoms with van der Waals surface area (Å²) in [7, 11) is 3.99. The average Bonchev–Trinajstić information content (AvgIpc) is 3.05. The van der Waals surface area contributed by atoms with Crippen LogP contribution in [0.1, 0.15) is 42.0 Å². The van der Waals surface area contributed by atoms with Crippen LogP contribution >= 0.6 is 0 Å². The zero-order valence-corrected chi connectivity index (χ0v) is 12.1. The smallest absolute Gasteiger partial charge is 0.289 e. The van der Waals surface area contributed by atoms with Crippen LogP contribution < -0.4 is 0 Å². The second-order valence-electron chi connectivity index (χ2n) is 5.56. The Labute approximate surface area is 115 Å². The maximum Gasteiger partial charge on any atom is 0.289 e. The summed E-state index contributed by atoms with van der Waals surface area (Å²) in [6.07, 6.45) is 6.97. The third-order valence-corrected chi connectivity index (χ3v) is 3.99. The highest BCUT2D eigenvalue weighted by Crippen LogP contribution is 2.22. The lowest BCUT2D eigenvalue weighted by molar-refractivity contribution is 0.0763. The van der Waals surface area contributed by atoms with E-state index in [0.717, 1.165) is 18.8 Å². The predicted molar refractivity (Wildman–Crippen MR) is 75.2 cm³/mol. The number of rotatable bonds is 5. The number of imidazole rings is 1. The molecule has 1 aliphatic rings. The number of nitrogens with one attached hydrogen (secondary N) is 1. The van der Waals surface area contributed by atoms with Gasteiger partial charge in [-0.2, -0.15) is 0 Å². The van der Waals surface area contributed by atoms with Crippen molar-refractivity contribution >= 4 is 5.91 Å². The molecule has 0 bridgehead atoms. The van der Waals surface area contributed by atoms with E-state index in [9.17, 15) is 4.79 Å². The second-order valence-corrected chi connectivity index (χ2v) is 5.56. The number of aromatic nitrogens is 2. The molecule has 0 saturated heterocycles. The summed E-state index contributed by atoms with van der Waals surface area (Å²) in [5, 5.41) is 0. The Bertz CT molecular complexity index is 423. The number of hydrogen-bond acceptors (Lipinski definition) is 3. The van der Waals surface area contributed by atoms with Gasteiger partial charge in [0.2, 0.25) is 0 Å². The quantitative estimate of drug-likeness (QED) is 0.880. The molecule has 1 aromatic rings. The first kappa shape index (κ1) is 14.1. The van der Waals surface area contributed by atoms with Crippen LogP contribution in [-0.4, -0.2) is 58.9 Å². The molecule has 1 aromatic heterocycles. The van der Waals surface area contributed by atoms with Crippen LogP contribution in [0.2, 0.25) is 0 Å². The normalized spacial score (nSPS) is 16.2. The van der Waals surface area contributed by atoms with E-state index in [1.54, 1.807) is 11.1 Å². The molecule has 1 amide bonds. The van der Waals surface area contributed by atoms with Gasteiger partial charge in [0.1, 0.15) is 0 Å². The molecule has 106 valence electrons. The summed E-state index contributed by atoms with van der Waals surface area (Å²) < 4.78 is 0. The van der Waals surface area contributed by atoms with E-state index in [-0.39, 0.29) is 5.91 Å². The molecule has 1 heterocycles. The van der Waals surface area contributed by atoms with Crippen LogP contribution in [0, 0.1) is 6.92 Å². The Morgan fingerprint density at radius 1 is 1.37 bits per heavy atom. The molecule has 5 nitrogen and oxygen atoms in total. The fourth-order valence-electron chi connectivity index (χ4n) is 2.64. The first-order chi connectivity index (χ1) is 9.08. The van der Waals surface area contributed by atoms with Crippen LogP contribution in [0.25, 0.3) is 0 Å². The Morgan fingerprint density at radius 3 is 2.63 bits per heavy atom. The molecule has 0 aromatic carbocycles. The van der Waals surface area contributed by atoms with E-state index in [1.807, 2.05) is 14.0 Å². The van der Waals surface area contributed by atoms with Gasteiger partial charge >= 0.3 is 0 Å². The van der Waals surface area contributed by atoms with Gasteiger partial charge in [-0.1, -0.05) is 12.8 Å². The number of carbonyl (C=O) groups is 1. The SMILES string of the molecule is Cc1cnc(C(=O)N(C)CCN(C)C2CCCC2)[nH]1. The van der Waals surface area contributed by atoms with E-state index in [1.165, 1.54) is 25.7 Å². The van der Waals surface area contributed by atoms with Crippen LogP contribution in [0.3, 0.4) is 0 Å². The van der Waals surface area contributed by atoms with E-state index in [0.29, 0.717) is 11.9 Å². The van der Waals surface area contributed by atoms with Crippen LogP contribution in [0.5, 0.6) is 0 Å². The molecule has 0 radical (unpaired) electrons. The van der Waals surface area contributed by atoms with Gasteiger partial charge in [-0.3, -0.25) is 4.79 Å². The maximum atomic E-state index is 12.1. The van der Waals surface area contributed by atoms with Gasteiger partial charge < -0.3 is 14.8 Å². The van der Waals surface area contributed by atoms with Gasteiger partial charge in [0.15, 0.2) is 5.82 Å². The van der Waals surface area contributed by atoms with Gasteiger partial charge in [0.05, 0.1) is 0 Å². The molecule has 0 atom stereocenters. The fourth-order valence-corrected chi connectivity index (χ4v) is 2.64. The lowest BCUT2D eigenvalue weighted by atomic mass is 10.2. The zero-order valence-electron chi connectivity index (χ0n) is 12.1. The van der Waals surface area contributed by atoms with Gasteiger partial charge in [0, 0.05) is 38.1 Å². The molecule has 1 saturated carbocycles. The number of nitrogens with zero attached hydrogens (tertiary/aromatic N) is 3.